The fourth-order valence-corrected chi connectivity index (χ4v) is 4.00. The maximum atomic E-state index is 12.6. The van der Waals surface area contributed by atoms with Gasteiger partial charge >= 0.3 is 5.97 Å². The number of nitrogens with one attached hydrogen (secondary N) is 2. The highest BCUT2D eigenvalue weighted by atomic mass is 32.2. The summed E-state index contributed by atoms with van der Waals surface area (Å²) in [6, 6.07) is 13.4. The number of carbonyl (C=O) groups is 2. The van der Waals surface area contributed by atoms with Crippen LogP contribution in [0.3, 0.4) is 0 Å². The summed E-state index contributed by atoms with van der Waals surface area (Å²) in [5, 5.41) is 2.79. The van der Waals surface area contributed by atoms with Gasteiger partial charge in [0.15, 0.2) is 6.10 Å². The molecule has 0 aromatic heterocycles. The number of esters is 1. The van der Waals surface area contributed by atoms with Gasteiger partial charge in [0.1, 0.15) is 0 Å². The van der Waals surface area contributed by atoms with Crippen molar-refractivity contribution in [2.24, 2.45) is 0 Å². The van der Waals surface area contributed by atoms with Gasteiger partial charge in [0, 0.05) is 12.6 Å². The zero-order valence-corrected chi connectivity index (χ0v) is 19.7. The number of hydrogen-bond acceptors (Lipinski definition) is 5. The van der Waals surface area contributed by atoms with E-state index in [0.717, 1.165) is 18.4 Å². The fourth-order valence-electron chi connectivity index (χ4n) is 2.98. The zero-order valence-electron chi connectivity index (χ0n) is 18.8. The average molecular weight is 459 g/mol. The highest BCUT2D eigenvalue weighted by molar-refractivity contribution is 7.89. The van der Waals surface area contributed by atoms with Crippen molar-refractivity contribution in [2.45, 2.75) is 69.5 Å². The van der Waals surface area contributed by atoms with E-state index in [9.17, 15) is 18.0 Å². The van der Waals surface area contributed by atoms with Gasteiger partial charge in [-0.15, -0.1) is 0 Å². The van der Waals surface area contributed by atoms with Gasteiger partial charge < -0.3 is 10.1 Å². The number of carbonyl (C=O) groups excluding carboxylic acids is 2. The van der Waals surface area contributed by atoms with Crippen LogP contribution in [-0.2, 0) is 31.5 Å². The SMILES string of the molecule is CC(OC(=O)c1ccc(CNS(=O)(=O)c2ccc(C(C)(C)C)cc2)cc1)C(=O)NC1CC1. The first kappa shape index (κ1) is 23.9. The molecule has 8 heteroatoms. The predicted octanol–water partition coefficient (Wildman–Crippen LogP) is 3.29. The molecule has 7 nitrogen and oxygen atoms in total. The molecule has 1 fully saturated rings. The van der Waals surface area contributed by atoms with E-state index in [0.29, 0.717) is 11.1 Å². The molecule has 0 spiro atoms. The van der Waals surface area contributed by atoms with E-state index in [1.54, 1.807) is 36.4 Å². The van der Waals surface area contributed by atoms with Crippen LogP contribution in [0, 0.1) is 0 Å². The van der Waals surface area contributed by atoms with Gasteiger partial charge in [-0.05, 0) is 60.6 Å². The Balaban J connectivity index is 1.55. The molecule has 172 valence electrons. The highest BCUT2D eigenvalue weighted by Crippen LogP contribution is 2.23. The second-order valence-electron chi connectivity index (χ2n) is 9.13. The van der Waals surface area contributed by atoms with Gasteiger partial charge in [0.25, 0.3) is 5.91 Å². The third kappa shape index (κ3) is 6.40. The average Bonchev–Trinajstić information content (AvgIpc) is 3.56. The van der Waals surface area contributed by atoms with Crippen LogP contribution in [0.1, 0.15) is 62.0 Å². The van der Waals surface area contributed by atoms with Gasteiger partial charge in [0.2, 0.25) is 10.0 Å². The summed E-state index contributed by atoms with van der Waals surface area (Å²) in [5.74, 6) is -0.906. The fraction of sp³-hybridized carbons (Fsp3) is 0.417. The number of ether oxygens (including phenoxy) is 1. The topological polar surface area (TPSA) is 102 Å². The smallest absolute Gasteiger partial charge is 0.338 e. The van der Waals surface area contributed by atoms with E-state index in [4.69, 9.17) is 4.74 Å². The van der Waals surface area contributed by atoms with Gasteiger partial charge in [-0.3, -0.25) is 4.79 Å². The molecule has 1 unspecified atom stereocenters. The van der Waals surface area contributed by atoms with Crippen LogP contribution in [0.4, 0.5) is 0 Å². The van der Waals surface area contributed by atoms with Crippen molar-refractivity contribution < 1.29 is 22.7 Å². The first-order valence-corrected chi connectivity index (χ1v) is 12.1. The van der Waals surface area contributed by atoms with Crippen molar-refractivity contribution in [1.82, 2.24) is 10.0 Å². The summed E-state index contributed by atoms with van der Waals surface area (Å²) < 4.78 is 33.0. The summed E-state index contributed by atoms with van der Waals surface area (Å²) in [4.78, 5) is 24.4. The van der Waals surface area contributed by atoms with Crippen LogP contribution in [0.15, 0.2) is 53.4 Å². The second kappa shape index (κ2) is 9.42. The lowest BCUT2D eigenvalue weighted by Gasteiger charge is -2.19. The Morgan fingerprint density at radius 3 is 2.16 bits per heavy atom. The summed E-state index contributed by atoms with van der Waals surface area (Å²) in [5.41, 5.74) is 1.98. The van der Waals surface area contributed by atoms with Crippen molar-refractivity contribution in [3.05, 3.63) is 65.2 Å². The number of benzene rings is 2. The standard InChI is InChI=1S/C24H30N2O5S/c1-16(22(27)26-20-11-12-20)31-23(28)18-7-5-17(6-8-18)15-25-32(29,30)21-13-9-19(10-14-21)24(2,3)4/h5-10,13-14,16,20,25H,11-12,15H2,1-4H3,(H,26,27). The summed E-state index contributed by atoms with van der Waals surface area (Å²) in [6.07, 6.45) is 1.04. The van der Waals surface area contributed by atoms with E-state index in [1.165, 1.54) is 6.92 Å². The van der Waals surface area contributed by atoms with Gasteiger partial charge in [-0.1, -0.05) is 45.0 Å². The van der Waals surface area contributed by atoms with Crippen molar-refractivity contribution in [3.63, 3.8) is 0 Å². The van der Waals surface area contributed by atoms with Gasteiger partial charge in [-0.2, -0.15) is 0 Å². The minimum absolute atomic E-state index is 0.0581. The normalized spacial score (nSPS) is 15.1. The first-order chi connectivity index (χ1) is 15.0. The number of amides is 1. The summed E-state index contributed by atoms with van der Waals surface area (Å²) in [6.45, 7) is 7.82. The molecular formula is C24H30N2O5S. The van der Waals surface area contributed by atoms with Crippen LogP contribution in [0.2, 0.25) is 0 Å². The van der Waals surface area contributed by atoms with E-state index in [-0.39, 0.29) is 28.8 Å². The summed E-state index contributed by atoms with van der Waals surface area (Å²) in [7, 11) is -3.66. The lowest BCUT2D eigenvalue weighted by molar-refractivity contribution is -0.129. The van der Waals surface area contributed by atoms with Crippen LogP contribution < -0.4 is 10.0 Å². The molecule has 1 aliphatic rings. The minimum Gasteiger partial charge on any atom is -0.449 e. The molecule has 1 saturated carbocycles. The third-order valence-corrected chi connectivity index (χ3v) is 6.68. The number of rotatable bonds is 8. The summed E-state index contributed by atoms with van der Waals surface area (Å²) >= 11 is 0. The largest absolute Gasteiger partial charge is 0.449 e. The van der Waals surface area contributed by atoms with Gasteiger partial charge in [0.05, 0.1) is 10.5 Å². The third-order valence-electron chi connectivity index (χ3n) is 5.26. The Morgan fingerprint density at radius 1 is 1.03 bits per heavy atom. The Kier molecular flexibility index (Phi) is 7.05. The van der Waals surface area contributed by atoms with E-state index < -0.39 is 22.1 Å². The Morgan fingerprint density at radius 2 is 1.62 bits per heavy atom. The van der Waals surface area contributed by atoms with Crippen molar-refractivity contribution in [3.8, 4) is 0 Å². The first-order valence-electron chi connectivity index (χ1n) is 10.7. The van der Waals surface area contributed by atoms with E-state index >= 15 is 0 Å². The Labute approximate surface area is 189 Å². The number of hydrogen-bond donors (Lipinski definition) is 2. The lowest BCUT2D eigenvalue weighted by atomic mass is 9.87. The van der Waals surface area contributed by atoms with E-state index in [2.05, 4.69) is 30.8 Å². The molecule has 1 aliphatic carbocycles. The maximum Gasteiger partial charge on any atom is 0.338 e. The Bertz CT molecular complexity index is 1070. The van der Waals surface area contributed by atoms with Gasteiger partial charge in [-0.25, -0.2) is 17.9 Å². The molecule has 1 amide bonds. The second-order valence-corrected chi connectivity index (χ2v) is 10.9. The van der Waals surface area contributed by atoms with Crippen molar-refractivity contribution >= 4 is 21.9 Å². The van der Waals surface area contributed by atoms with E-state index in [1.807, 2.05) is 12.1 Å². The molecule has 1 atom stereocenters. The van der Waals surface area contributed by atoms with Crippen LogP contribution in [-0.4, -0.2) is 32.4 Å². The monoisotopic (exact) mass is 458 g/mol. The van der Waals surface area contributed by atoms with Crippen LogP contribution >= 0.6 is 0 Å². The molecule has 0 aliphatic heterocycles. The molecule has 0 heterocycles. The molecule has 0 saturated heterocycles. The molecule has 2 aromatic rings. The molecule has 2 N–H and O–H groups in total. The zero-order chi connectivity index (χ0) is 23.5. The molecule has 0 radical (unpaired) electrons. The molecule has 3 rings (SSSR count). The quantitative estimate of drug-likeness (QED) is 0.591. The number of sulfonamides is 1. The molecule has 0 bridgehead atoms. The Hall–Kier alpha value is -2.71. The predicted molar refractivity (Wildman–Crippen MR) is 122 cm³/mol. The molecule has 2 aromatic carbocycles. The highest BCUT2D eigenvalue weighted by Gasteiger charge is 2.27. The minimum atomic E-state index is -3.66. The molecule has 32 heavy (non-hydrogen) atoms. The van der Waals surface area contributed by atoms with Crippen LogP contribution in [0.5, 0.6) is 0 Å². The lowest BCUT2D eigenvalue weighted by Crippen LogP contribution is -2.37. The maximum absolute atomic E-state index is 12.6. The van der Waals surface area contributed by atoms with Crippen LogP contribution in [0.25, 0.3) is 0 Å². The molecular weight excluding hydrogens is 428 g/mol. The van der Waals surface area contributed by atoms with Crippen molar-refractivity contribution in [2.75, 3.05) is 0 Å². The van der Waals surface area contributed by atoms with Crippen molar-refractivity contribution in [1.29, 1.82) is 0 Å².